The third-order valence-corrected chi connectivity index (χ3v) is 7.80. The lowest BCUT2D eigenvalue weighted by molar-refractivity contribution is 0.263. The number of rotatable bonds is 18. The van der Waals surface area contributed by atoms with Gasteiger partial charge in [0.2, 0.25) is 0 Å². The molecular formula is C39H42N2O6. The van der Waals surface area contributed by atoms with E-state index >= 15 is 0 Å². The molecule has 0 saturated carbocycles. The Kier molecular flexibility index (Phi) is 11.2. The SMILES string of the molecule is Cc1cc(OCC2CO2)ccc1N=Cc1ccc(OCCCCCOc2ccc(C=Nc3ccc(OCC4CO4)cc3C)cc2)cc1. The predicted octanol–water partition coefficient (Wildman–Crippen LogP) is 7.99. The standard InChI is InChI=1S/C39H42N2O6/c1-28-20-34(44-24-36-26-46-36)14-16-38(28)40-22-30-6-10-32(11-7-30)42-18-4-3-5-19-43-33-12-8-31(9-13-33)23-41-39-17-15-35(21-29(39)2)45-25-37-27-47-37/h6-17,20-23,36-37H,3-5,18-19,24-27H2,1-2H3. The van der Waals surface area contributed by atoms with Gasteiger partial charge in [-0.25, -0.2) is 0 Å². The van der Waals surface area contributed by atoms with Crippen LogP contribution in [0.25, 0.3) is 0 Å². The summed E-state index contributed by atoms with van der Waals surface area (Å²) in [6, 6.07) is 27.9. The number of aryl methyl sites for hydroxylation is 2. The fourth-order valence-corrected chi connectivity index (χ4v) is 4.78. The largest absolute Gasteiger partial charge is 0.494 e. The van der Waals surface area contributed by atoms with Gasteiger partial charge in [-0.15, -0.1) is 0 Å². The summed E-state index contributed by atoms with van der Waals surface area (Å²) in [4.78, 5) is 9.30. The molecule has 0 aliphatic carbocycles. The minimum absolute atomic E-state index is 0.247. The lowest BCUT2D eigenvalue weighted by Crippen LogP contribution is -2.03. The summed E-state index contributed by atoms with van der Waals surface area (Å²) >= 11 is 0. The van der Waals surface area contributed by atoms with Gasteiger partial charge in [0.25, 0.3) is 0 Å². The molecule has 0 N–H and O–H groups in total. The second kappa shape index (κ2) is 16.3. The van der Waals surface area contributed by atoms with Crippen molar-refractivity contribution in [2.75, 3.05) is 39.6 Å². The highest BCUT2D eigenvalue weighted by molar-refractivity contribution is 5.83. The Morgan fingerprint density at radius 1 is 0.553 bits per heavy atom. The van der Waals surface area contributed by atoms with E-state index < -0.39 is 0 Å². The van der Waals surface area contributed by atoms with E-state index in [1.807, 2.05) is 111 Å². The molecule has 4 aromatic carbocycles. The second-order valence-electron chi connectivity index (χ2n) is 11.8. The predicted molar refractivity (Wildman–Crippen MR) is 185 cm³/mol. The highest BCUT2D eigenvalue weighted by Gasteiger charge is 2.23. The van der Waals surface area contributed by atoms with Gasteiger partial charge in [-0.2, -0.15) is 0 Å². The van der Waals surface area contributed by atoms with Crippen LogP contribution >= 0.6 is 0 Å². The maximum absolute atomic E-state index is 5.94. The second-order valence-corrected chi connectivity index (χ2v) is 11.8. The number of epoxide rings is 2. The van der Waals surface area contributed by atoms with Crippen molar-refractivity contribution < 1.29 is 28.4 Å². The van der Waals surface area contributed by atoms with Gasteiger partial charge in [-0.1, -0.05) is 0 Å². The molecule has 0 bridgehead atoms. The van der Waals surface area contributed by atoms with Crippen molar-refractivity contribution in [1.29, 1.82) is 0 Å². The first-order valence-electron chi connectivity index (χ1n) is 16.3. The molecule has 47 heavy (non-hydrogen) atoms. The van der Waals surface area contributed by atoms with E-state index in [-0.39, 0.29) is 12.2 Å². The monoisotopic (exact) mass is 634 g/mol. The maximum Gasteiger partial charge on any atom is 0.119 e. The van der Waals surface area contributed by atoms with Crippen molar-refractivity contribution in [2.24, 2.45) is 9.98 Å². The van der Waals surface area contributed by atoms with Crippen LogP contribution in [-0.2, 0) is 9.47 Å². The van der Waals surface area contributed by atoms with Crippen molar-refractivity contribution in [1.82, 2.24) is 0 Å². The molecule has 2 aliphatic rings. The Labute approximate surface area is 277 Å². The number of hydrogen-bond acceptors (Lipinski definition) is 8. The van der Waals surface area contributed by atoms with Crippen LogP contribution < -0.4 is 18.9 Å². The molecule has 2 unspecified atom stereocenters. The van der Waals surface area contributed by atoms with Crippen LogP contribution in [0.2, 0.25) is 0 Å². The third-order valence-electron chi connectivity index (χ3n) is 7.80. The number of ether oxygens (including phenoxy) is 6. The average molecular weight is 635 g/mol. The maximum atomic E-state index is 5.94. The van der Waals surface area contributed by atoms with Gasteiger partial charge in [-0.05, 0) is 140 Å². The average Bonchev–Trinajstić information content (AvgIpc) is 4.02. The lowest BCUT2D eigenvalue weighted by Gasteiger charge is -2.08. The Balaban J connectivity index is 0.840. The first-order chi connectivity index (χ1) is 23.1. The molecule has 8 nitrogen and oxygen atoms in total. The summed E-state index contributed by atoms with van der Waals surface area (Å²) in [5.41, 5.74) is 6.02. The molecule has 2 aliphatic heterocycles. The van der Waals surface area contributed by atoms with Crippen LogP contribution in [0, 0.1) is 13.8 Å². The number of aliphatic imine (C=N–C) groups is 2. The molecule has 0 spiro atoms. The van der Waals surface area contributed by atoms with E-state index in [1.54, 1.807) is 0 Å². The Bertz CT molecular complexity index is 1520. The van der Waals surface area contributed by atoms with E-state index in [2.05, 4.69) is 9.98 Å². The van der Waals surface area contributed by atoms with Crippen LogP contribution in [0.4, 0.5) is 11.4 Å². The summed E-state index contributed by atoms with van der Waals surface area (Å²) in [6.07, 6.45) is 7.20. The first-order valence-corrected chi connectivity index (χ1v) is 16.3. The van der Waals surface area contributed by atoms with Gasteiger partial charge >= 0.3 is 0 Å². The van der Waals surface area contributed by atoms with Gasteiger partial charge in [0.15, 0.2) is 0 Å². The van der Waals surface area contributed by atoms with Crippen molar-refractivity contribution in [3.8, 4) is 23.0 Å². The highest BCUT2D eigenvalue weighted by atomic mass is 16.6. The molecule has 2 saturated heterocycles. The van der Waals surface area contributed by atoms with Gasteiger partial charge in [0, 0.05) is 12.4 Å². The van der Waals surface area contributed by atoms with Gasteiger partial charge < -0.3 is 28.4 Å². The topological polar surface area (TPSA) is 86.7 Å². The summed E-state index contributed by atoms with van der Waals surface area (Å²) in [5, 5.41) is 0. The zero-order valence-corrected chi connectivity index (χ0v) is 27.1. The van der Waals surface area contributed by atoms with Gasteiger partial charge in [0.1, 0.15) is 48.4 Å². The summed E-state index contributed by atoms with van der Waals surface area (Å²) in [5.74, 6) is 3.41. The summed E-state index contributed by atoms with van der Waals surface area (Å²) in [6.45, 7) is 8.21. The third kappa shape index (κ3) is 10.7. The van der Waals surface area contributed by atoms with Crippen molar-refractivity contribution in [2.45, 2.75) is 45.3 Å². The Morgan fingerprint density at radius 2 is 0.957 bits per heavy atom. The molecule has 4 aromatic rings. The van der Waals surface area contributed by atoms with Crippen LogP contribution in [-0.4, -0.2) is 64.3 Å². The quantitative estimate of drug-likeness (QED) is 0.0627. The highest BCUT2D eigenvalue weighted by Crippen LogP contribution is 2.26. The fraction of sp³-hybridized carbons (Fsp3) is 0.333. The smallest absolute Gasteiger partial charge is 0.119 e. The first kappa shape index (κ1) is 32.3. The molecule has 244 valence electrons. The van der Waals surface area contributed by atoms with Crippen molar-refractivity contribution >= 4 is 23.8 Å². The van der Waals surface area contributed by atoms with Crippen molar-refractivity contribution in [3.05, 3.63) is 107 Å². The summed E-state index contributed by atoms with van der Waals surface area (Å²) < 4.78 is 33.8. The van der Waals surface area contributed by atoms with E-state index in [0.29, 0.717) is 26.4 Å². The number of nitrogens with zero attached hydrogens (tertiary/aromatic N) is 2. The van der Waals surface area contributed by atoms with Crippen molar-refractivity contribution in [3.63, 3.8) is 0 Å². The normalized spacial score (nSPS) is 16.8. The molecule has 8 heteroatoms. The number of unbranched alkanes of at least 4 members (excludes halogenated alkanes) is 2. The van der Waals surface area contributed by atoms with Crippen LogP contribution in [0.5, 0.6) is 23.0 Å². The van der Waals surface area contributed by atoms with E-state index in [0.717, 1.165) is 89.1 Å². The summed E-state index contributed by atoms with van der Waals surface area (Å²) in [7, 11) is 0. The molecule has 0 aromatic heterocycles. The molecule has 0 radical (unpaired) electrons. The van der Waals surface area contributed by atoms with Gasteiger partial charge in [-0.3, -0.25) is 9.98 Å². The van der Waals surface area contributed by atoms with Gasteiger partial charge in [0.05, 0.1) is 37.8 Å². The molecule has 2 atom stereocenters. The minimum atomic E-state index is 0.247. The van der Waals surface area contributed by atoms with E-state index in [4.69, 9.17) is 28.4 Å². The molecular weight excluding hydrogens is 592 g/mol. The molecule has 2 fully saturated rings. The fourth-order valence-electron chi connectivity index (χ4n) is 4.78. The lowest BCUT2D eigenvalue weighted by atomic mass is 10.2. The van der Waals surface area contributed by atoms with Crippen LogP contribution in [0.15, 0.2) is 94.9 Å². The van der Waals surface area contributed by atoms with E-state index in [9.17, 15) is 0 Å². The Hall–Kier alpha value is -4.66. The zero-order valence-electron chi connectivity index (χ0n) is 27.1. The molecule has 2 heterocycles. The Morgan fingerprint density at radius 3 is 1.34 bits per heavy atom. The molecule has 6 rings (SSSR count). The van der Waals surface area contributed by atoms with Crippen LogP contribution in [0.1, 0.15) is 41.5 Å². The number of benzene rings is 4. The van der Waals surface area contributed by atoms with E-state index in [1.165, 1.54) is 0 Å². The zero-order chi connectivity index (χ0) is 32.3. The molecule has 0 amide bonds. The number of hydrogen-bond donors (Lipinski definition) is 0. The van der Waals surface area contributed by atoms with Crippen LogP contribution in [0.3, 0.4) is 0 Å². The minimum Gasteiger partial charge on any atom is -0.494 e.